The number of carbonyl (C=O) groups is 2. The van der Waals surface area contributed by atoms with Gasteiger partial charge in [-0.15, -0.1) is 11.8 Å². The number of sulfone groups is 1. The molecular weight excluding hydrogens is 621 g/mol. The van der Waals surface area contributed by atoms with Crippen LogP contribution >= 0.6 is 23.1 Å². The monoisotopic (exact) mass is 652 g/mol. The highest BCUT2D eigenvalue weighted by atomic mass is 32.2. The molecule has 0 spiro atoms. The maximum absolute atomic E-state index is 13.6. The molecule has 2 fully saturated rings. The van der Waals surface area contributed by atoms with Gasteiger partial charge in [-0.05, 0) is 43.2 Å². The Morgan fingerprint density at radius 1 is 1.07 bits per heavy atom. The van der Waals surface area contributed by atoms with Crippen LogP contribution < -0.4 is 15.5 Å². The maximum atomic E-state index is 13.6. The predicted octanol–water partition coefficient (Wildman–Crippen LogP) is 5.84. The zero-order chi connectivity index (χ0) is 30.5. The molecule has 11 nitrogen and oxygen atoms in total. The molecule has 2 amide bonds. The Balaban J connectivity index is 1.25. The van der Waals surface area contributed by atoms with E-state index in [9.17, 15) is 18.0 Å². The smallest absolute Gasteiger partial charge is 0.325 e. The zero-order valence-electron chi connectivity index (χ0n) is 23.8. The number of aromatic amines is 1. The number of imidazole rings is 1. The van der Waals surface area contributed by atoms with Gasteiger partial charge in [-0.2, -0.15) is 0 Å². The number of Topliss-reactive ketones (excluding diaryl/α,β-unsaturated/α-hetero) is 1. The summed E-state index contributed by atoms with van der Waals surface area (Å²) in [6.45, 7) is 2.68. The van der Waals surface area contributed by atoms with Crippen LogP contribution in [0.3, 0.4) is 0 Å². The Kier molecular flexibility index (Phi) is 9.31. The first-order valence-electron chi connectivity index (χ1n) is 14.4. The summed E-state index contributed by atoms with van der Waals surface area (Å²) in [6.07, 6.45) is 6.51. The summed E-state index contributed by atoms with van der Waals surface area (Å²) in [5, 5.41) is 5.44. The van der Waals surface area contributed by atoms with Crippen molar-refractivity contribution in [1.82, 2.24) is 15.0 Å². The molecule has 2 aromatic carbocycles. The van der Waals surface area contributed by atoms with Crippen molar-refractivity contribution >= 4 is 61.3 Å². The topological polar surface area (TPSA) is 146 Å². The Hall–Kier alpha value is -3.72. The van der Waals surface area contributed by atoms with E-state index in [2.05, 4.69) is 30.5 Å². The Bertz CT molecular complexity index is 1710. The van der Waals surface area contributed by atoms with Gasteiger partial charge in [0.15, 0.2) is 15.1 Å². The fraction of sp³-hybridized carbons (Fsp3) is 0.333. The van der Waals surface area contributed by atoms with Gasteiger partial charge in [0.05, 0.1) is 24.6 Å². The van der Waals surface area contributed by atoms with Crippen LogP contribution in [0.2, 0.25) is 0 Å². The van der Waals surface area contributed by atoms with E-state index in [-0.39, 0.29) is 32.0 Å². The van der Waals surface area contributed by atoms with Crippen LogP contribution in [-0.4, -0.2) is 61.5 Å². The van der Waals surface area contributed by atoms with E-state index in [1.165, 1.54) is 24.2 Å². The van der Waals surface area contributed by atoms with Crippen LogP contribution in [0, 0.1) is 5.92 Å². The summed E-state index contributed by atoms with van der Waals surface area (Å²) in [7, 11) is -4.00. The number of amides is 2. The van der Waals surface area contributed by atoms with E-state index in [4.69, 9.17) is 4.74 Å². The zero-order valence-corrected chi connectivity index (χ0v) is 26.3. The molecule has 0 atom stereocenters. The molecule has 44 heavy (non-hydrogen) atoms. The van der Waals surface area contributed by atoms with Crippen molar-refractivity contribution in [1.29, 1.82) is 0 Å². The number of anilines is 3. The molecule has 0 radical (unpaired) electrons. The second-order valence-electron chi connectivity index (χ2n) is 10.5. The van der Waals surface area contributed by atoms with E-state index in [1.54, 1.807) is 6.07 Å². The number of hydrogen-bond donors (Lipinski definition) is 3. The number of carbonyl (C=O) groups excluding carboxylic acids is 2. The molecule has 6 rings (SSSR count). The lowest BCUT2D eigenvalue weighted by Gasteiger charge is -2.29. The number of nitrogens with one attached hydrogen (secondary N) is 3. The quantitative estimate of drug-likeness (QED) is 0.142. The average Bonchev–Trinajstić information content (AvgIpc) is 3.84. The van der Waals surface area contributed by atoms with E-state index >= 15 is 0 Å². The first-order valence-corrected chi connectivity index (χ1v) is 17.7. The average molecular weight is 653 g/mol. The third-order valence-corrected chi connectivity index (χ3v) is 11.8. The van der Waals surface area contributed by atoms with Gasteiger partial charge >= 0.3 is 6.03 Å². The number of H-pyrrole nitrogens is 1. The SMILES string of the molecule is O=C(Nc1nc(CSc2ccccc2)c(S(=O)(=O)c2ncc[nH]2)s1)Nc1ccc(N2CCOCC2)cc1C(=O)C1CCCC1. The molecule has 3 heterocycles. The fourth-order valence-corrected chi connectivity index (χ4v) is 9.06. The molecule has 230 valence electrons. The van der Waals surface area contributed by atoms with Crippen LogP contribution in [0.5, 0.6) is 0 Å². The normalized spacial score (nSPS) is 15.8. The molecule has 0 unspecified atom stereocenters. The molecule has 4 aromatic rings. The van der Waals surface area contributed by atoms with Gasteiger partial charge in [-0.1, -0.05) is 42.4 Å². The van der Waals surface area contributed by atoms with Crippen molar-refractivity contribution in [3.05, 3.63) is 72.2 Å². The third kappa shape index (κ3) is 6.83. The summed E-state index contributed by atoms with van der Waals surface area (Å²) in [6, 6.07) is 14.5. The highest BCUT2D eigenvalue weighted by molar-refractivity contribution is 7.98. The summed E-state index contributed by atoms with van der Waals surface area (Å²) in [4.78, 5) is 41.1. The van der Waals surface area contributed by atoms with Crippen molar-refractivity contribution < 1.29 is 22.7 Å². The van der Waals surface area contributed by atoms with E-state index in [1.807, 2.05) is 42.5 Å². The lowest BCUT2D eigenvalue weighted by atomic mass is 9.94. The number of urea groups is 1. The van der Waals surface area contributed by atoms with Crippen LogP contribution in [0.1, 0.15) is 41.7 Å². The van der Waals surface area contributed by atoms with Gasteiger partial charge in [-0.3, -0.25) is 10.1 Å². The lowest BCUT2D eigenvalue weighted by molar-refractivity contribution is 0.0923. The summed E-state index contributed by atoms with van der Waals surface area (Å²) < 4.78 is 32.3. The molecule has 1 aliphatic carbocycles. The molecule has 2 aromatic heterocycles. The second kappa shape index (κ2) is 13.5. The van der Waals surface area contributed by atoms with Gasteiger partial charge in [0.2, 0.25) is 5.16 Å². The predicted molar refractivity (Wildman–Crippen MR) is 171 cm³/mol. The summed E-state index contributed by atoms with van der Waals surface area (Å²) in [5.74, 6) is 0.216. The standard InChI is InChI=1S/C30H32N6O5S3/c37-26(20-6-4-5-7-20)23-18-21(36-14-16-41-17-15-36)10-11-24(23)33-28(38)35-29-34-25(19-42-22-8-2-1-3-9-22)27(43-29)44(39,40)30-31-12-13-32-30/h1-3,8-13,18,20H,4-7,14-17,19H2,(H,31,32)(H2,33,34,35,38). The van der Waals surface area contributed by atoms with Gasteiger partial charge in [-0.25, -0.2) is 23.2 Å². The molecule has 3 N–H and O–H groups in total. The number of nitrogens with zero attached hydrogens (tertiary/aromatic N) is 3. The van der Waals surface area contributed by atoms with Gasteiger partial charge < -0.3 is 19.9 Å². The third-order valence-electron chi connectivity index (χ3n) is 7.59. The number of rotatable bonds is 10. The van der Waals surface area contributed by atoms with E-state index in [0.717, 1.165) is 60.7 Å². The van der Waals surface area contributed by atoms with Gasteiger partial charge in [0, 0.05) is 53.3 Å². The lowest BCUT2D eigenvalue weighted by Crippen LogP contribution is -2.36. The van der Waals surface area contributed by atoms with Crippen molar-refractivity contribution in [2.45, 2.75) is 45.7 Å². The van der Waals surface area contributed by atoms with Gasteiger partial charge in [0.1, 0.15) is 0 Å². The number of ketones is 1. The number of hydrogen-bond acceptors (Lipinski definition) is 10. The van der Waals surface area contributed by atoms with Crippen LogP contribution in [-0.2, 0) is 20.3 Å². The highest BCUT2D eigenvalue weighted by Crippen LogP contribution is 2.36. The molecule has 1 aliphatic heterocycles. The van der Waals surface area contributed by atoms with Crippen molar-refractivity contribution in [3.8, 4) is 0 Å². The van der Waals surface area contributed by atoms with Crippen molar-refractivity contribution in [2.24, 2.45) is 5.92 Å². The fourth-order valence-electron chi connectivity index (χ4n) is 5.37. The van der Waals surface area contributed by atoms with Crippen molar-refractivity contribution in [3.63, 3.8) is 0 Å². The largest absolute Gasteiger partial charge is 0.378 e. The van der Waals surface area contributed by atoms with Crippen LogP contribution in [0.25, 0.3) is 0 Å². The summed E-state index contributed by atoms with van der Waals surface area (Å²) >= 11 is 2.30. The van der Waals surface area contributed by atoms with Gasteiger partial charge in [0.25, 0.3) is 9.84 Å². The number of ether oxygens (including phenoxy) is 1. The molecule has 1 saturated heterocycles. The van der Waals surface area contributed by atoms with E-state index < -0.39 is 15.9 Å². The highest BCUT2D eigenvalue weighted by Gasteiger charge is 2.30. The summed E-state index contributed by atoms with van der Waals surface area (Å²) in [5.41, 5.74) is 2.09. The molecule has 14 heteroatoms. The first-order chi connectivity index (χ1) is 21.4. The second-order valence-corrected chi connectivity index (χ2v) is 14.6. The molecule has 0 bridgehead atoms. The Morgan fingerprint density at radius 2 is 1.84 bits per heavy atom. The Labute approximate surface area is 263 Å². The van der Waals surface area contributed by atoms with Crippen molar-refractivity contribution in [2.75, 3.05) is 41.8 Å². The maximum Gasteiger partial charge on any atom is 0.325 e. The van der Waals surface area contributed by atoms with E-state index in [0.29, 0.717) is 30.2 Å². The minimum atomic E-state index is -4.00. The molecule has 1 saturated carbocycles. The Morgan fingerprint density at radius 3 is 2.57 bits per heavy atom. The number of thioether (sulfide) groups is 1. The minimum absolute atomic E-state index is 0.00172. The molecule has 2 aliphatic rings. The number of benzene rings is 2. The molecular formula is C30H32N6O5S3. The number of aromatic nitrogens is 3. The minimum Gasteiger partial charge on any atom is -0.378 e. The van der Waals surface area contributed by atoms with Crippen LogP contribution in [0.4, 0.5) is 21.3 Å². The van der Waals surface area contributed by atoms with Crippen LogP contribution in [0.15, 0.2) is 75.2 Å². The first kappa shape index (κ1) is 30.3. The number of morpholine rings is 1. The number of thiazole rings is 1.